The van der Waals surface area contributed by atoms with Gasteiger partial charge >= 0.3 is 6.03 Å². The van der Waals surface area contributed by atoms with E-state index in [2.05, 4.69) is 16.3 Å². The van der Waals surface area contributed by atoms with Crippen LogP contribution < -0.4 is 19.5 Å². The Morgan fingerprint density at radius 2 is 1.59 bits per heavy atom. The van der Waals surface area contributed by atoms with Crippen molar-refractivity contribution in [3.05, 3.63) is 48.0 Å². The number of amides is 2. The molecule has 2 aromatic carbocycles. The minimum atomic E-state index is -0.0605. The van der Waals surface area contributed by atoms with Crippen molar-refractivity contribution in [1.29, 1.82) is 0 Å². The van der Waals surface area contributed by atoms with E-state index in [-0.39, 0.29) is 6.03 Å². The largest absolute Gasteiger partial charge is 0.497 e. The van der Waals surface area contributed by atoms with Crippen molar-refractivity contribution in [2.45, 2.75) is 6.42 Å². The molecule has 1 N–H and O–H groups in total. The van der Waals surface area contributed by atoms with Gasteiger partial charge < -0.3 is 24.4 Å². The van der Waals surface area contributed by atoms with Gasteiger partial charge in [-0.25, -0.2) is 4.79 Å². The Kier molecular flexibility index (Phi) is 7.19. The first-order chi connectivity index (χ1) is 14.1. The quantitative estimate of drug-likeness (QED) is 0.775. The molecule has 0 unspecified atom stereocenters. The lowest BCUT2D eigenvalue weighted by atomic mass is 10.1. The van der Waals surface area contributed by atoms with Crippen LogP contribution in [0.1, 0.15) is 5.56 Å². The Hall–Kier alpha value is -2.93. The number of hydrogen-bond donors (Lipinski definition) is 1. The second kappa shape index (κ2) is 10.0. The number of rotatable bonds is 7. The molecule has 1 saturated heterocycles. The average molecular weight is 399 g/mol. The molecule has 3 rings (SSSR count). The monoisotopic (exact) mass is 399 g/mol. The number of urea groups is 1. The van der Waals surface area contributed by atoms with Gasteiger partial charge in [-0.3, -0.25) is 4.90 Å². The molecule has 1 fully saturated rings. The van der Waals surface area contributed by atoms with Crippen LogP contribution in [-0.4, -0.2) is 69.9 Å². The van der Waals surface area contributed by atoms with E-state index >= 15 is 0 Å². The molecule has 29 heavy (non-hydrogen) atoms. The van der Waals surface area contributed by atoms with Crippen LogP contribution in [-0.2, 0) is 6.42 Å². The predicted molar refractivity (Wildman–Crippen MR) is 113 cm³/mol. The summed E-state index contributed by atoms with van der Waals surface area (Å²) >= 11 is 0. The van der Waals surface area contributed by atoms with E-state index < -0.39 is 0 Å². The normalized spacial score (nSPS) is 14.4. The van der Waals surface area contributed by atoms with Crippen molar-refractivity contribution in [3.63, 3.8) is 0 Å². The van der Waals surface area contributed by atoms with Crippen molar-refractivity contribution in [2.24, 2.45) is 0 Å². The summed E-state index contributed by atoms with van der Waals surface area (Å²) in [7, 11) is 4.91. The Balaban J connectivity index is 1.44. The lowest BCUT2D eigenvalue weighted by molar-refractivity contribution is 0.148. The van der Waals surface area contributed by atoms with Crippen LogP contribution in [0.3, 0.4) is 0 Å². The van der Waals surface area contributed by atoms with Crippen LogP contribution in [0.5, 0.6) is 17.2 Å². The van der Waals surface area contributed by atoms with Crippen LogP contribution in [0.25, 0.3) is 0 Å². The van der Waals surface area contributed by atoms with Gasteiger partial charge in [-0.15, -0.1) is 0 Å². The van der Waals surface area contributed by atoms with Crippen LogP contribution in [0.4, 0.5) is 10.5 Å². The first-order valence-electron chi connectivity index (χ1n) is 9.76. The molecular formula is C22H29N3O4. The topological polar surface area (TPSA) is 63.3 Å². The van der Waals surface area contributed by atoms with Gasteiger partial charge in [-0.1, -0.05) is 6.07 Å². The lowest BCUT2D eigenvalue weighted by Gasteiger charge is -2.34. The molecule has 0 spiro atoms. The summed E-state index contributed by atoms with van der Waals surface area (Å²) in [5.41, 5.74) is 1.98. The highest BCUT2D eigenvalue weighted by molar-refractivity contribution is 5.89. The van der Waals surface area contributed by atoms with Crippen molar-refractivity contribution in [2.75, 3.05) is 59.4 Å². The average Bonchev–Trinajstić information content (AvgIpc) is 2.78. The lowest BCUT2D eigenvalue weighted by Crippen LogP contribution is -2.50. The number of hydrogen-bond acceptors (Lipinski definition) is 5. The maximum absolute atomic E-state index is 12.5. The van der Waals surface area contributed by atoms with Crippen molar-refractivity contribution >= 4 is 11.7 Å². The first kappa shape index (κ1) is 20.8. The third-order valence-electron chi connectivity index (χ3n) is 5.17. The highest BCUT2D eigenvalue weighted by Gasteiger charge is 2.21. The molecule has 0 bridgehead atoms. The SMILES string of the molecule is COc1ccc(NC(=O)N2CCN(CCc3ccc(OC)c(OC)c3)CC2)cc1. The number of piperazine rings is 1. The minimum absolute atomic E-state index is 0.0605. The highest BCUT2D eigenvalue weighted by Crippen LogP contribution is 2.27. The highest BCUT2D eigenvalue weighted by atomic mass is 16.5. The molecule has 7 nitrogen and oxygen atoms in total. The van der Waals surface area contributed by atoms with E-state index in [4.69, 9.17) is 14.2 Å². The summed E-state index contributed by atoms with van der Waals surface area (Å²) in [6, 6.07) is 13.3. The van der Waals surface area contributed by atoms with Gasteiger partial charge in [0.2, 0.25) is 0 Å². The molecular weight excluding hydrogens is 370 g/mol. The molecule has 0 aliphatic carbocycles. The summed E-state index contributed by atoms with van der Waals surface area (Å²) in [6.45, 7) is 4.11. The Bertz CT molecular complexity index is 802. The fraction of sp³-hybridized carbons (Fsp3) is 0.409. The van der Waals surface area contributed by atoms with Crippen LogP contribution in [0.15, 0.2) is 42.5 Å². The molecule has 1 heterocycles. The van der Waals surface area contributed by atoms with Crippen molar-refractivity contribution < 1.29 is 19.0 Å². The van der Waals surface area contributed by atoms with E-state index in [0.29, 0.717) is 13.1 Å². The van der Waals surface area contributed by atoms with Crippen molar-refractivity contribution in [3.8, 4) is 17.2 Å². The number of benzene rings is 2. The molecule has 2 amide bonds. The number of carbonyl (C=O) groups is 1. The molecule has 0 radical (unpaired) electrons. The number of methoxy groups -OCH3 is 3. The zero-order valence-electron chi connectivity index (χ0n) is 17.3. The molecule has 0 atom stereocenters. The van der Waals surface area contributed by atoms with E-state index in [0.717, 1.165) is 49.0 Å². The number of ether oxygens (including phenoxy) is 3. The summed E-state index contributed by atoms with van der Waals surface area (Å²) in [5.74, 6) is 2.27. The predicted octanol–water partition coefficient (Wildman–Crippen LogP) is 3.10. The molecule has 2 aromatic rings. The van der Waals surface area contributed by atoms with Gasteiger partial charge in [-0.05, 0) is 48.4 Å². The van der Waals surface area contributed by atoms with Gasteiger partial charge in [0.15, 0.2) is 11.5 Å². The maximum atomic E-state index is 12.5. The zero-order chi connectivity index (χ0) is 20.6. The zero-order valence-corrected chi connectivity index (χ0v) is 17.3. The molecule has 156 valence electrons. The second-order valence-corrected chi connectivity index (χ2v) is 6.93. The summed E-state index contributed by atoms with van der Waals surface area (Å²) in [4.78, 5) is 16.7. The van der Waals surface area contributed by atoms with E-state index in [1.807, 2.05) is 41.3 Å². The van der Waals surface area contributed by atoms with Crippen LogP contribution >= 0.6 is 0 Å². The summed E-state index contributed by atoms with van der Waals surface area (Å²) in [5, 5.41) is 2.95. The minimum Gasteiger partial charge on any atom is -0.497 e. The van der Waals surface area contributed by atoms with Crippen LogP contribution in [0, 0.1) is 0 Å². The number of carbonyl (C=O) groups excluding carboxylic acids is 1. The first-order valence-corrected chi connectivity index (χ1v) is 9.76. The summed E-state index contributed by atoms with van der Waals surface area (Å²) in [6.07, 6.45) is 0.929. The van der Waals surface area contributed by atoms with Crippen LogP contribution in [0.2, 0.25) is 0 Å². The van der Waals surface area contributed by atoms with Gasteiger partial charge in [-0.2, -0.15) is 0 Å². The number of nitrogens with one attached hydrogen (secondary N) is 1. The second-order valence-electron chi connectivity index (χ2n) is 6.93. The van der Waals surface area contributed by atoms with Crippen molar-refractivity contribution in [1.82, 2.24) is 9.80 Å². The Labute approximate surface area is 172 Å². The smallest absolute Gasteiger partial charge is 0.321 e. The third kappa shape index (κ3) is 5.54. The Morgan fingerprint density at radius 1 is 0.897 bits per heavy atom. The maximum Gasteiger partial charge on any atom is 0.321 e. The molecule has 7 heteroatoms. The van der Waals surface area contributed by atoms with E-state index in [9.17, 15) is 4.79 Å². The molecule has 1 aliphatic rings. The fourth-order valence-electron chi connectivity index (χ4n) is 3.37. The summed E-state index contributed by atoms with van der Waals surface area (Å²) < 4.78 is 15.8. The van der Waals surface area contributed by atoms with Gasteiger partial charge in [0.25, 0.3) is 0 Å². The third-order valence-corrected chi connectivity index (χ3v) is 5.17. The fourth-order valence-corrected chi connectivity index (χ4v) is 3.37. The van der Waals surface area contributed by atoms with Gasteiger partial charge in [0, 0.05) is 38.4 Å². The van der Waals surface area contributed by atoms with E-state index in [1.54, 1.807) is 21.3 Å². The van der Waals surface area contributed by atoms with Gasteiger partial charge in [0.1, 0.15) is 5.75 Å². The van der Waals surface area contributed by atoms with Gasteiger partial charge in [0.05, 0.1) is 21.3 Å². The number of anilines is 1. The number of nitrogens with zero attached hydrogens (tertiary/aromatic N) is 2. The standard InChI is InChI=1S/C22H29N3O4/c1-27-19-7-5-18(6-8-19)23-22(26)25-14-12-24(13-15-25)11-10-17-4-9-20(28-2)21(16-17)29-3/h4-9,16H,10-15H2,1-3H3,(H,23,26). The molecule has 1 aliphatic heterocycles. The van der Waals surface area contributed by atoms with E-state index in [1.165, 1.54) is 5.56 Å². The molecule has 0 aromatic heterocycles. The molecule has 0 saturated carbocycles. The Morgan fingerprint density at radius 3 is 2.21 bits per heavy atom.